The Bertz CT molecular complexity index is 2570. The van der Waals surface area contributed by atoms with Crippen molar-refractivity contribution >= 4 is 77.3 Å². The molecule has 0 amide bonds. The smallest absolute Gasteiger partial charge is 0.297 e. The number of carbonyl (C=O) groups is 4. The number of hydrogen-bond acceptors (Lipinski definition) is 8. The van der Waals surface area contributed by atoms with Crippen LogP contribution in [-0.4, -0.2) is 63.3 Å². The molecule has 0 saturated carbocycles. The van der Waals surface area contributed by atoms with Gasteiger partial charge in [-0.2, -0.15) is 9.36 Å². The van der Waals surface area contributed by atoms with Crippen LogP contribution in [0.4, 0.5) is 0 Å². The summed E-state index contributed by atoms with van der Waals surface area (Å²) in [6.45, 7) is 6.57. The van der Waals surface area contributed by atoms with Crippen LogP contribution in [0.15, 0.2) is 106 Å². The topological polar surface area (TPSA) is 161 Å². The summed E-state index contributed by atoms with van der Waals surface area (Å²) in [6.07, 6.45) is 0. The maximum atomic E-state index is 13.3. The Labute approximate surface area is 324 Å². The number of benzene rings is 4. The fourth-order valence-corrected chi connectivity index (χ4v) is 7.04. The molecule has 268 valence electrons. The number of nitrogens with one attached hydrogen (secondary N) is 2. The van der Waals surface area contributed by atoms with Crippen molar-refractivity contribution in [3.05, 3.63) is 140 Å². The molecule has 12 nitrogen and oxygen atoms in total. The van der Waals surface area contributed by atoms with Crippen molar-refractivity contribution in [2.24, 2.45) is 0 Å². The molecule has 0 aliphatic rings. The zero-order chi connectivity index (χ0) is 38.3. The Balaban J connectivity index is 0.000000167. The molecule has 2 N–H and O–H groups in total. The van der Waals surface area contributed by atoms with Crippen LogP contribution >= 0.6 is 31.9 Å². The zero-order valence-electron chi connectivity index (χ0n) is 29.3. The third kappa shape index (κ3) is 6.65. The normalized spacial score (nSPS) is 11.1. The Morgan fingerprint density at radius 2 is 0.889 bits per heavy atom. The molecule has 0 saturated heterocycles. The number of para-hydroxylation sites is 2. The molecule has 8 aromatic rings. The maximum absolute atomic E-state index is 13.3. The van der Waals surface area contributed by atoms with Crippen LogP contribution in [0.3, 0.4) is 0 Å². The summed E-state index contributed by atoms with van der Waals surface area (Å²) in [7, 11) is 0. The molecule has 4 aromatic carbocycles. The third-order valence-electron chi connectivity index (χ3n) is 8.86. The maximum Gasteiger partial charge on any atom is 0.297 e. The van der Waals surface area contributed by atoms with Crippen LogP contribution in [0.25, 0.3) is 44.3 Å². The summed E-state index contributed by atoms with van der Waals surface area (Å²) < 4.78 is 4.34. The first-order valence-corrected chi connectivity index (χ1v) is 18.2. The number of halogens is 2. The molecular formula is C40H30Br2N8O4. The SMILES string of the molecule is CC(=O)c1c(C)[nH]c(C(=O)n2nnc3ccccc32)c1-c1ccc(Br)cc1.CC(=O)c1c(C)[nH]c(C(=O)n2nnc3ccccc32)c1-c1ccc(Br)cc1. The van der Waals surface area contributed by atoms with Gasteiger partial charge in [-0.1, -0.05) is 90.8 Å². The van der Waals surface area contributed by atoms with Crippen molar-refractivity contribution in [2.45, 2.75) is 27.7 Å². The highest BCUT2D eigenvalue weighted by molar-refractivity contribution is 9.10. The molecule has 0 radical (unpaired) electrons. The minimum absolute atomic E-state index is 0.107. The molecule has 4 heterocycles. The van der Waals surface area contributed by atoms with Crippen molar-refractivity contribution in [2.75, 3.05) is 0 Å². The average molecular weight is 847 g/mol. The highest BCUT2D eigenvalue weighted by Gasteiger charge is 2.28. The number of H-pyrrole nitrogens is 2. The van der Waals surface area contributed by atoms with E-state index in [1.165, 1.54) is 23.2 Å². The third-order valence-corrected chi connectivity index (χ3v) is 9.92. The van der Waals surface area contributed by atoms with Crippen LogP contribution in [0.5, 0.6) is 0 Å². The number of fused-ring (bicyclic) bond motifs is 2. The summed E-state index contributed by atoms with van der Waals surface area (Å²) in [4.78, 5) is 57.3. The molecular weight excluding hydrogens is 816 g/mol. The second-order valence-corrected chi connectivity index (χ2v) is 14.3. The zero-order valence-corrected chi connectivity index (χ0v) is 32.5. The average Bonchev–Trinajstić information content (AvgIpc) is 3.95. The van der Waals surface area contributed by atoms with E-state index in [1.54, 1.807) is 38.1 Å². The molecule has 14 heteroatoms. The molecule has 0 spiro atoms. The number of aromatic amines is 2. The Morgan fingerprint density at radius 3 is 1.24 bits per heavy atom. The van der Waals surface area contributed by atoms with Gasteiger partial charge in [0.15, 0.2) is 11.6 Å². The first-order valence-electron chi connectivity index (χ1n) is 16.6. The van der Waals surface area contributed by atoms with E-state index in [9.17, 15) is 19.2 Å². The second-order valence-electron chi connectivity index (χ2n) is 12.5. The number of Topliss-reactive ketones (excluding diaryl/α,β-unsaturated/α-hetero) is 2. The van der Waals surface area contributed by atoms with Crippen molar-refractivity contribution < 1.29 is 19.2 Å². The van der Waals surface area contributed by atoms with Gasteiger partial charge in [0.2, 0.25) is 0 Å². The van der Waals surface area contributed by atoms with E-state index in [1.807, 2.05) is 72.8 Å². The molecule has 0 bridgehead atoms. The highest BCUT2D eigenvalue weighted by Crippen LogP contribution is 2.34. The molecule has 54 heavy (non-hydrogen) atoms. The van der Waals surface area contributed by atoms with Crippen molar-refractivity contribution in [3.63, 3.8) is 0 Å². The van der Waals surface area contributed by atoms with Crippen molar-refractivity contribution in [1.29, 1.82) is 0 Å². The lowest BCUT2D eigenvalue weighted by Gasteiger charge is -2.07. The van der Waals surface area contributed by atoms with Crippen LogP contribution in [-0.2, 0) is 0 Å². The van der Waals surface area contributed by atoms with Gasteiger partial charge in [0, 0.05) is 42.6 Å². The predicted octanol–water partition coefficient (Wildman–Crippen LogP) is 8.78. The quantitative estimate of drug-likeness (QED) is 0.157. The monoisotopic (exact) mass is 844 g/mol. The summed E-state index contributed by atoms with van der Waals surface area (Å²) in [5.41, 5.74) is 8.14. The molecule has 0 unspecified atom stereocenters. The van der Waals surface area contributed by atoms with Gasteiger partial charge in [0.1, 0.15) is 22.4 Å². The number of hydrogen-bond donors (Lipinski definition) is 2. The molecule has 0 aliphatic carbocycles. The first-order chi connectivity index (χ1) is 25.9. The number of aryl methyl sites for hydroxylation is 2. The largest absolute Gasteiger partial charge is 0.353 e. The minimum atomic E-state index is -0.364. The summed E-state index contributed by atoms with van der Waals surface area (Å²) >= 11 is 6.83. The number of carbonyl (C=O) groups excluding carboxylic acids is 4. The lowest BCUT2D eigenvalue weighted by atomic mass is 9.97. The lowest BCUT2D eigenvalue weighted by Crippen LogP contribution is -2.15. The molecule has 0 fully saturated rings. The Morgan fingerprint density at radius 1 is 0.537 bits per heavy atom. The Hall–Kier alpha value is -6.12. The van der Waals surface area contributed by atoms with Crippen molar-refractivity contribution in [1.82, 2.24) is 40.0 Å². The van der Waals surface area contributed by atoms with Gasteiger partial charge >= 0.3 is 0 Å². The molecule has 0 atom stereocenters. The van der Waals surface area contributed by atoms with Gasteiger partial charge in [-0.3, -0.25) is 19.2 Å². The lowest BCUT2D eigenvalue weighted by molar-refractivity contribution is 0.0936. The van der Waals surface area contributed by atoms with Crippen LogP contribution in [0, 0.1) is 13.8 Å². The van der Waals surface area contributed by atoms with Gasteiger partial charge in [0.25, 0.3) is 11.8 Å². The van der Waals surface area contributed by atoms with E-state index in [4.69, 9.17) is 0 Å². The summed E-state index contributed by atoms with van der Waals surface area (Å²) in [6, 6.07) is 29.5. The van der Waals surface area contributed by atoms with Gasteiger partial charge in [-0.05, 0) is 87.4 Å². The van der Waals surface area contributed by atoms with E-state index in [0.29, 0.717) is 67.1 Å². The fourth-order valence-electron chi connectivity index (χ4n) is 6.51. The molecule has 8 rings (SSSR count). The standard InChI is InChI=1S/2C20H15BrN4O2/c2*1-11-17(12(2)26)18(13-7-9-14(21)10-8-13)19(22-11)20(27)25-16-6-4-3-5-15(16)23-24-25/h2*3-10,22H,1-2H3. The van der Waals surface area contributed by atoms with Gasteiger partial charge in [-0.15, -0.1) is 10.2 Å². The second kappa shape index (κ2) is 14.7. The van der Waals surface area contributed by atoms with E-state index in [2.05, 4.69) is 62.5 Å². The van der Waals surface area contributed by atoms with Crippen LogP contribution in [0.2, 0.25) is 0 Å². The number of nitrogens with zero attached hydrogens (tertiary/aromatic N) is 6. The van der Waals surface area contributed by atoms with Gasteiger partial charge in [0.05, 0.1) is 11.0 Å². The van der Waals surface area contributed by atoms with E-state index in [-0.39, 0.29) is 23.4 Å². The first kappa shape index (κ1) is 36.2. The van der Waals surface area contributed by atoms with Gasteiger partial charge < -0.3 is 9.97 Å². The number of rotatable bonds is 6. The van der Waals surface area contributed by atoms with Crippen LogP contribution in [0.1, 0.15) is 66.9 Å². The van der Waals surface area contributed by atoms with Crippen LogP contribution < -0.4 is 0 Å². The van der Waals surface area contributed by atoms with E-state index in [0.717, 1.165) is 20.1 Å². The summed E-state index contributed by atoms with van der Waals surface area (Å²) in [5, 5.41) is 16.1. The summed E-state index contributed by atoms with van der Waals surface area (Å²) in [5.74, 6) is -0.942. The molecule has 4 aromatic heterocycles. The number of aromatic nitrogens is 8. The van der Waals surface area contributed by atoms with Gasteiger partial charge in [-0.25, -0.2) is 0 Å². The number of ketones is 2. The van der Waals surface area contributed by atoms with Crippen molar-refractivity contribution in [3.8, 4) is 22.3 Å². The molecule has 0 aliphatic heterocycles. The van der Waals surface area contributed by atoms with E-state index < -0.39 is 0 Å². The fraction of sp³-hybridized carbons (Fsp3) is 0.100. The highest BCUT2D eigenvalue weighted by atomic mass is 79.9. The Kier molecular flexibility index (Phi) is 9.88. The predicted molar refractivity (Wildman–Crippen MR) is 212 cm³/mol. The minimum Gasteiger partial charge on any atom is -0.353 e. The van der Waals surface area contributed by atoms with E-state index >= 15 is 0 Å².